The van der Waals surface area contributed by atoms with E-state index in [0.717, 1.165) is 18.6 Å². The number of rotatable bonds is 4. The second-order valence-corrected chi connectivity index (χ2v) is 6.69. The highest BCUT2D eigenvalue weighted by Gasteiger charge is 2.43. The Bertz CT molecular complexity index is 215. The van der Waals surface area contributed by atoms with Crippen molar-refractivity contribution in [3.8, 4) is 0 Å². The van der Waals surface area contributed by atoms with Crippen molar-refractivity contribution in [2.45, 2.75) is 51.3 Å². The summed E-state index contributed by atoms with van der Waals surface area (Å²) in [6.07, 6.45) is 3.34. The highest BCUT2D eigenvalue weighted by Crippen LogP contribution is 2.39. The van der Waals surface area contributed by atoms with Crippen molar-refractivity contribution in [2.75, 3.05) is 12.8 Å². The lowest BCUT2D eigenvalue weighted by molar-refractivity contribution is 0.299. The van der Waals surface area contributed by atoms with Gasteiger partial charge < -0.3 is 5.32 Å². The van der Waals surface area contributed by atoms with Gasteiger partial charge in [-0.3, -0.25) is 4.21 Å². The molecule has 1 aliphatic carbocycles. The first-order chi connectivity index (χ1) is 6.53. The summed E-state index contributed by atoms with van der Waals surface area (Å²) < 4.78 is 12.0. The van der Waals surface area contributed by atoms with Gasteiger partial charge in [0.05, 0.1) is 5.25 Å². The van der Waals surface area contributed by atoms with Crippen LogP contribution in [0.4, 0.5) is 0 Å². The fourth-order valence-electron chi connectivity index (χ4n) is 2.55. The molecule has 0 aromatic carbocycles. The van der Waals surface area contributed by atoms with Crippen LogP contribution >= 0.6 is 0 Å². The van der Waals surface area contributed by atoms with Crippen molar-refractivity contribution in [3.05, 3.63) is 0 Å². The van der Waals surface area contributed by atoms with Crippen LogP contribution in [0.25, 0.3) is 0 Å². The molecular weight excluding hydrogens is 194 g/mol. The van der Waals surface area contributed by atoms with E-state index in [4.69, 9.17) is 0 Å². The van der Waals surface area contributed by atoms with E-state index in [9.17, 15) is 4.21 Å². The van der Waals surface area contributed by atoms with Crippen LogP contribution in [-0.4, -0.2) is 28.3 Å². The number of hydrogen-bond donors (Lipinski definition) is 1. The van der Waals surface area contributed by atoms with Gasteiger partial charge >= 0.3 is 0 Å². The SMILES string of the molecule is CCCS(=O)C1CCC(C)(C)C1NC. The zero-order chi connectivity index (χ0) is 10.8. The monoisotopic (exact) mass is 217 g/mol. The van der Waals surface area contributed by atoms with Gasteiger partial charge in [-0.2, -0.15) is 0 Å². The van der Waals surface area contributed by atoms with E-state index in [0.29, 0.717) is 16.7 Å². The molecule has 0 bridgehead atoms. The Kier molecular flexibility index (Phi) is 4.14. The molecule has 1 rings (SSSR count). The van der Waals surface area contributed by atoms with Gasteiger partial charge in [0.1, 0.15) is 0 Å². The third-order valence-electron chi connectivity index (χ3n) is 3.34. The fraction of sp³-hybridized carbons (Fsp3) is 1.00. The summed E-state index contributed by atoms with van der Waals surface area (Å²) in [7, 11) is 1.36. The second kappa shape index (κ2) is 4.75. The molecule has 3 unspecified atom stereocenters. The van der Waals surface area contributed by atoms with Crippen molar-refractivity contribution >= 4 is 10.8 Å². The maximum Gasteiger partial charge on any atom is 0.0506 e. The molecule has 14 heavy (non-hydrogen) atoms. The van der Waals surface area contributed by atoms with Crippen LogP contribution in [0.5, 0.6) is 0 Å². The molecule has 0 aromatic rings. The van der Waals surface area contributed by atoms with Gasteiger partial charge in [0.2, 0.25) is 0 Å². The molecule has 84 valence electrons. The van der Waals surface area contributed by atoms with Gasteiger partial charge in [0.25, 0.3) is 0 Å². The molecule has 1 saturated carbocycles. The number of hydrogen-bond acceptors (Lipinski definition) is 2. The highest BCUT2D eigenvalue weighted by molar-refractivity contribution is 7.85. The number of nitrogens with one attached hydrogen (secondary N) is 1. The smallest absolute Gasteiger partial charge is 0.0506 e. The first kappa shape index (κ1) is 12.2. The van der Waals surface area contributed by atoms with E-state index in [1.807, 2.05) is 7.05 Å². The minimum absolute atomic E-state index is 0.308. The van der Waals surface area contributed by atoms with Crippen molar-refractivity contribution < 1.29 is 4.21 Å². The summed E-state index contributed by atoms with van der Waals surface area (Å²) in [6.45, 7) is 6.65. The molecule has 0 radical (unpaired) electrons. The van der Waals surface area contributed by atoms with Crippen LogP contribution in [-0.2, 0) is 10.8 Å². The Morgan fingerprint density at radius 2 is 2.14 bits per heavy atom. The first-order valence-corrected chi connectivity index (χ1v) is 6.95. The molecule has 0 aliphatic heterocycles. The molecule has 0 heterocycles. The van der Waals surface area contributed by atoms with Gasteiger partial charge in [-0.25, -0.2) is 0 Å². The van der Waals surface area contributed by atoms with E-state index in [2.05, 4.69) is 26.1 Å². The van der Waals surface area contributed by atoms with Gasteiger partial charge in [-0.05, 0) is 31.7 Å². The normalized spacial score (nSPS) is 33.1. The Morgan fingerprint density at radius 1 is 1.50 bits per heavy atom. The highest BCUT2D eigenvalue weighted by atomic mass is 32.2. The van der Waals surface area contributed by atoms with Crippen molar-refractivity contribution in [1.29, 1.82) is 0 Å². The third-order valence-corrected chi connectivity index (χ3v) is 5.33. The summed E-state index contributed by atoms with van der Waals surface area (Å²) in [5, 5.41) is 3.72. The molecule has 0 saturated heterocycles. The molecule has 2 nitrogen and oxygen atoms in total. The molecular formula is C11H23NOS. The Morgan fingerprint density at radius 3 is 2.64 bits per heavy atom. The third kappa shape index (κ3) is 2.37. The van der Waals surface area contributed by atoms with Gasteiger partial charge in [-0.15, -0.1) is 0 Å². The Hall–Kier alpha value is 0.110. The first-order valence-electron chi connectivity index (χ1n) is 5.57. The van der Waals surface area contributed by atoms with Crippen LogP contribution in [0.2, 0.25) is 0 Å². The quantitative estimate of drug-likeness (QED) is 0.779. The summed E-state index contributed by atoms with van der Waals surface area (Å²) >= 11 is 0. The summed E-state index contributed by atoms with van der Waals surface area (Å²) in [5.74, 6) is 0.860. The maximum absolute atomic E-state index is 12.0. The van der Waals surface area contributed by atoms with E-state index >= 15 is 0 Å². The average molecular weight is 217 g/mol. The zero-order valence-electron chi connectivity index (χ0n) is 9.80. The van der Waals surface area contributed by atoms with Gasteiger partial charge in [0, 0.05) is 22.6 Å². The van der Waals surface area contributed by atoms with Crippen LogP contribution in [0.3, 0.4) is 0 Å². The Labute approximate surface area is 90.3 Å². The van der Waals surface area contributed by atoms with Crippen molar-refractivity contribution in [3.63, 3.8) is 0 Å². The fourth-order valence-corrected chi connectivity index (χ4v) is 4.45. The van der Waals surface area contributed by atoms with E-state index in [-0.39, 0.29) is 0 Å². The summed E-state index contributed by atoms with van der Waals surface area (Å²) in [5.41, 5.74) is 0.308. The molecule has 1 fully saturated rings. The zero-order valence-corrected chi connectivity index (χ0v) is 10.6. The van der Waals surface area contributed by atoms with Crippen molar-refractivity contribution in [2.24, 2.45) is 5.41 Å². The molecule has 1 aliphatic rings. The van der Waals surface area contributed by atoms with Gasteiger partial charge in [0.15, 0.2) is 0 Å². The standard InChI is InChI=1S/C11H23NOS/c1-5-8-14(13)9-6-7-11(2,3)10(9)12-4/h9-10,12H,5-8H2,1-4H3. The molecule has 0 spiro atoms. The predicted molar refractivity (Wildman–Crippen MR) is 63.0 cm³/mol. The minimum atomic E-state index is -0.634. The van der Waals surface area contributed by atoms with Crippen LogP contribution in [0, 0.1) is 5.41 Å². The Balaban J connectivity index is 2.67. The van der Waals surface area contributed by atoms with Crippen LogP contribution in [0.1, 0.15) is 40.0 Å². The second-order valence-electron chi connectivity index (χ2n) is 4.92. The molecule has 0 amide bonds. The van der Waals surface area contributed by atoms with E-state index in [1.165, 1.54) is 6.42 Å². The van der Waals surface area contributed by atoms with Crippen LogP contribution in [0.15, 0.2) is 0 Å². The molecule has 3 atom stereocenters. The molecule has 0 aromatic heterocycles. The van der Waals surface area contributed by atoms with Gasteiger partial charge in [-0.1, -0.05) is 20.8 Å². The van der Waals surface area contributed by atoms with E-state index in [1.54, 1.807) is 0 Å². The maximum atomic E-state index is 12.0. The minimum Gasteiger partial charge on any atom is -0.315 e. The molecule has 1 N–H and O–H groups in total. The van der Waals surface area contributed by atoms with E-state index < -0.39 is 10.8 Å². The topological polar surface area (TPSA) is 29.1 Å². The summed E-state index contributed by atoms with van der Waals surface area (Å²) in [6, 6.07) is 0.426. The predicted octanol–water partition coefficient (Wildman–Crippen LogP) is 1.92. The average Bonchev–Trinajstić information content (AvgIpc) is 2.41. The van der Waals surface area contributed by atoms with Crippen LogP contribution < -0.4 is 5.32 Å². The summed E-state index contributed by atoms with van der Waals surface area (Å²) in [4.78, 5) is 0. The lowest BCUT2D eigenvalue weighted by Crippen LogP contribution is -2.44. The molecule has 3 heteroatoms. The lowest BCUT2D eigenvalue weighted by atomic mass is 9.87. The van der Waals surface area contributed by atoms with Crippen molar-refractivity contribution in [1.82, 2.24) is 5.32 Å². The lowest BCUT2D eigenvalue weighted by Gasteiger charge is -2.29. The largest absolute Gasteiger partial charge is 0.315 e.